The SMILES string of the molecule is CNCCC(=O)Nc1ncc(Cc2ccc(Br)cc2)s1.Cl. The molecule has 0 atom stereocenters. The number of thiazole rings is 1. The van der Waals surface area contributed by atoms with Crippen LogP contribution in [0.25, 0.3) is 0 Å². The largest absolute Gasteiger partial charge is 0.319 e. The Morgan fingerprint density at radius 1 is 1.33 bits per heavy atom. The first-order valence-corrected chi connectivity index (χ1v) is 7.92. The summed E-state index contributed by atoms with van der Waals surface area (Å²) in [6.45, 7) is 0.670. The standard InChI is InChI=1S/C14H16BrN3OS.ClH/c1-16-7-6-13(19)18-14-17-9-12(20-14)8-10-2-4-11(15)5-3-10;/h2-5,9,16H,6-8H2,1H3,(H,17,18,19);1H. The quantitative estimate of drug-likeness (QED) is 0.794. The van der Waals surface area contributed by atoms with Gasteiger partial charge in [0.05, 0.1) is 0 Å². The van der Waals surface area contributed by atoms with Crippen LogP contribution in [0.4, 0.5) is 5.13 Å². The lowest BCUT2D eigenvalue weighted by Gasteiger charge is -2.00. The highest BCUT2D eigenvalue weighted by molar-refractivity contribution is 9.10. The molecule has 0 saturated heterocycles. The fraction of sp³-hybridized carbons (Fsp3) is 0.286. The second-order valence-corrected chi connectivity index (χ2v) is 6.37. The lowest BCUT2D eigenvalue weighted by Crippen LogP contribution is -2.18. The van der Waals surface area contributed by atoms with Crippen LogP contribution in [0.15, 0.2) is 34.9 Å². The molecule has 0 spiro atoms. The molecule has 2 rings (SSSR count). The van der Waals surface area contributed by atoms with Crippen molar-refractivity contribution in [3.05, 3.63) is 45.4 Å². The number of rotatable bonds is 6. The Hall–Kier alpha value is -0.950. The average Bonchev–Trinajstić information content (AvgIpc) is 2.86. The maximum absolute atomic E-state index is 11.6. The molecule has 114 valence electrons. The third-order valence-electron chi connectivity index (χ3n) is 2.69. The number of aromatic nitrogens is 1. The van der Waals surface area contributed by atoms with Crippen molar-refractivity contribution in [3.63, 3.8) is 0 Å². The number of carbonyl (C=O) groups is 1. The molecule has 0 bridgehead atoms. The zero-order chi connectivity index (χ0) is 14.4. The van der Waals surface area contributed by atoms with Gasteiger partial charge in [-0.1, -0.05) is 28.1 Å². The number of hydrogen-bond donors (Lipinski definition) is 2. The molecule has 2 N–H and O–H groups in total. The number of hydrogen-bond acceptors (Lipinski definition) is 4. The number of nitrogens with zero attached hydrogens (tertiary/aromatic N) is 1. The number of benzene rings is 1. The van der Waals surface area contributed by atoms with E-state index >= 15 is 0 Å². The lowest BCUT2D eigenvalue weighted by atomic mass is 10.1. The molecule has 21 heavy (non-hydrogen) atoms. The number of carbonyl (C=O) groups excluding carboxylic acids is 1. The molecule has 4 nitrogen and oxygen atoms in total. The van der Waals surface area contributed by atoms with E-state index in [0.717, 1.165) is 15.8 Å². The van der Waals surface area contributed by atoms with Gasteiger partial charge in [-0.3, -0.25) is 4.79 Å². The fourth-order valence-electron chi connectivity index (χ4n) is 1.67. The smallest absolute Gasteiger partial charge is 0.227 e. The summed E-state index contributed by atoms with van der Waals surface area (Å²) in [5.74, 6) is -0.0103. The Morgan fingerprint density at radius 3 is 2.71 bits per heavy atom. The maximum atomic E-state index is 11.6. The van der Waals surface area contributed by atoms with E-state index in [4.69, 9.17) is 0 Å². The van der Waals surface area contributed by atoms with Gasteiger partial charge in [0, 0.05) is 34.9 Å². The summed E-state index contributed by atoms with van der Waals surface area (Å²) in [5.41, 5.74) is 1.23. The number of halogens is 2. The van der Waals surface area contributed by atoms with E-state index in [1.165, 1.54) is 16.9 Å². The van der Waals surface area contributed by atoms with Crippen molar-refractivity contribution in [1.82, 2.24) is 10.3 Å². The Balaban J connectivity index is 0.00000220. The molecule has 0 saturated carbocycles. The van der Waals surface area contributed by atoms with Crippen LogP contribution >= 0.6 is 39.7 Å². The minimum Gasteiger partial charge on any atom is -0.319 e. The van der Waals surface area contributed by atoms with E-state index in [0.29, 0.717) is 18.1 Å². The highest BCUT2D eigenvalue weighted by atomic mass is 79.9. The predicted molar refractivity (Wildman–Crippen MR) is 93.5 cm³/mol. The van der Waals surface area contributed by atoms with Crippen molar-refractivity contribution in [2.75, 3.05) is 18.9 Å². The molecule has 0 aliphatic rings. The monoisotopic (exact) mass is 389 g/mol. The Bertz CT molecular complexity index is 574. The van der Waals surface area contributed by atoms with Crippen LogP contribution in [-0.4, -0.2) is 24.5 Å². The first kappa shape index (κ1) is 18.1. The van der Waals surface area contributed by atoms with Crippen LogP contribution in [0.3, 0.4) is 0 Å². The van der Waals surface area contributed by atoms with Gasteiger partial charge in [0.1, 0.15) is 0 Å². The van der Waals surface area contributed by atoms with Crippen molar-refractivity contribution < 1.29 is 4.79 Å². The van der Waals surface area contributed by atoms with E-state index in [-0.39, 0.29) is 18.3 Å². The summed E-state index contributed by atoms with van der Waals surface area (Å²) in [7, 11) is 1.83. The summed E-state index contributed by atoms with van der Waals surface area (Å²) in [4.78, 5) is 17.0. The van der Waals surface area contributed by atoms with E-state index in [2.05, 4.69) is 43.7 Å². The molecule has 1 aromatic heterocycles. The summed E-state index contributed by atoms with van der Waals surface area (Å²) in [5, 5.41) is 6.42. The molecular formula is C14H17BrClN3OS. The Labute approximate surface area is 142 Å². The molecule has 2 aromatic rings. The van der Waals surface area contributed by atoms with Gasteiger partial charge in [0.2, 0.25) is 5.91 Å². The topological polar surface area (TPSA) is 54.0 Å². The van der Waals surface area contributed by atoms with Crippen LogP contribution in [0, 0.1) is 0 Å². The second-order valence-electron chi connectivity index (χ2n) is 4.34. The van der Waals surface area contributed by atoms with Crippen molar-refractivity contribution >= 4 is 50.7 Å². The van der Waals surface area contributed by atoms with Crippen LogP contribution in [0.5, 0.6) is 0 Å². The summed E-state index contributed by atoms with van der Waals surface area (Å²) in [6, 6.07) is 8.21. The lowest BCUT2D eigenvalue weighted by molar-refractivity contribution is -0.116. The second kappa shape index (κ2) is 9.15. The Kier molecular flexibility index (Phi) is 7.88. The van der Waals surface area contributed by atoms with Crippen molar-refractivity contribution in [2.45, 2.75) is 12.8 Å². The molecule has 7 heteroatoms. The van der Waals surface area contributed by atoms with E-state index in [9.17, 15) is 4.79 Å². The molecule has 0 fully saturated rings. The third kappa shape index (κ3) is 6.13. The van der Waals surface area contributed by atoms with Gasteiger partial charge < -0.3 is 10.6 Å². The van der Waals surface area contributed by atoms with Gasteiger partial charge in [0.15, 0.2) is 5.13 Å². The molecule has 0 aliphatic carbocycles. The van der Waals surface area contributed by atoms with Gasteiger partial charge in [-0.25, -0.2) is 4.98 Å². The van der Waals surface area contributed by atoms with Gasteiger partial charge in [-0.2, -0.15) is 0 Å². The molecule has 0 unspecified atom stereocenters. The molecule has 1 heterocycles. The zero-order valence-corrected chi connectivity index (χ0v) is 14.8. The normalized spacial score (nSPS) is 10.0. The molecule has 1 aromatic carbocycles. The van der Waals surface area contributed by atoms with Crippen molar-refractivity contribution in [3.8, 4) is 0 Å². The molecule has 0 aliphatic heterocycles. The highest BCUT2D eigenvalue weighted by Crippen LogP contribution is 2.22. The van der Waals surface area contributed by atoms with E-state index in [1.807, 2.05) is 25.4 Å². The molecular weight excluding hydrogens is 374 g/mol. The van der Waals surface area contributed by atoms with Crippen LogP contribution in [-0.2, 0) is 11.2 Å². The van der Waals surface area contributed by atoms with Gasteiger partial charge in [0.25, 0.3) is 0 Å². The molecule has 0 radical (unpaired) electrons. The first-order valence-electron chi connectivity index (χ1n) is 6.31. The minimum absolute atomic E-state index is 0. The van der Waals surface area contributed by atoms with E-state index < -0.39 is 0 Å². The number of anilines is 1. The van der Waals surface area contributed by atoms with Gasteiger partial charge in [-0.05, 0) is 24.7 Å². The number of amides is 1. The van der Waals surface area contributed by atoms with Gasteiger partial charge in [-0.15, -0.1) is 23.7 Å². The van der Waals surface area contributed by atoms with Crippen LogP contribution < -0.4 is 10.6 Å². The van der Waals surface area contributed by atoms with Crippen molar-refractivity contribution in [1.29, 1.82) is 0 Å². The van der Waals surface area contributed by atoms with E-state index in [1.54, 1.807) is 0 Å². The minimum atomic E-state index is -0.0103. The summed E-state index contributed by atoms with van der Waals surface area (Å²) < 4.78 is 1.07. The fourth-order valence-corrected chi connectivity index (χ4v) is 2.80. The average molecular weight is 391 g/mol. The third-order valence-corrected chi connectivity index (χ3v) is 4.14. The van der Waals surface area contributed by atoms with Gasteiger partial charge >= 0.3 is 0 Å². The molecule has 1 amide bonds. The van der Waals surface area contributed by atoms with Crippen LogP contribution in [0.2, 0.25) is 0 Å². The van der Waals surface area contributed by atoms with Crippen molar-refractivity contribution in [2.24, 2.45) is 0 Å². The summed E-state index contributed by atoms with van der Waals surface area (Å²) in [6.07, 6.45) is 3.11. The summed E-state index contributed by atoms with van der Waals surface area (Å²) >= 11 is 4.94. The highest BCUT2D eigenvalue weighted by Gasteiger charge is 2.06. The Morgan fingerprint density at radius 2 is 2.05 bits per heavy atom. The zero-order valence-electron chi connectivity index (χ0n) is 11.6. The predicted octanol–water partition coefficient (Wildman–Crippen LogP) is 3.47. The number of nitrogens with one attached hydrogen (secondary N) is 2. The maximum Gasteiger partial charge on any atom is 0.227 e. The van der Waals surface area contributed by atoms with Crippen LogP contribution in [0.1, 0.15) is 16.9 Å². The first-order chi connectivity index (χ1) is 9.67.